The lowest BCUT2D eigenvalue weighted by molar-refractivity contribution is -0.149. The summed E-state index contributed by atoms with van der Waals surface area (Å²) in [6.45, 7) is -0.285. The number of hydrogen-bond donors (Lipinski definition) is 1. The highest BCUT2D eigenvalue weighted by molar-refractivity contribution is 9.10. The molecule has 0 spiro atoms. The fourth-order valence-electron chi connectivity index (χ4n) is 4.16. The summed E-state index contributed by atoms with van der Waals surface area (Å²) in [4.78, 5) is 37.0. The molecule has 5 rings (SSSR count). The molecule has 0 amide bonds. The first-order valence-electron chi connectivity index (χ1n) is 9.41. The summed E-state index contributed by atoms with van der Waals surface area (Å²) in [7, 11) is 1.87. The third-order valence-electron chi connectivity index (χ3n) is 5.43. The van der Waals surface area contributed by atoms with Crippen molar-refractivity contribution in [2.45, 2.75) is 6.54 Å². The number of rotatable bonds is 4. The average molecular weight is 479 g/mol. The molecule has 7 nitrogen and oxygen atoms in total. The molecule has 0 radical (unpaired) electrons. The van der Waals surface area contributed by atoms with E-state index in [1.54, 1.807) is 35.2 Å². The van der Waals surface area contributed by atoms with E-state index in [9.17, 15) is 19.5 Å². The lowest BCUT2D eigenvalue weighted by Crippen LogP contribution is -2.07. The van der Waals surface area contributed by atoms with Crippen LogP contribution in [0.3, 0.4) is 0 Å². The van der Waals surface area contributed by atoms with Gasteiger partial charge in [-0.15, -0.1) is 0 Å². The molecule has 8 heteroatoms. The zero-order valence-corrected chi connectivity index (χ0v) is 17.8. The standard InChI is InChI=1S/C23H15BrN2O5/c1-25-9-15(13-4-2-3-5-17(13)25)20-21(23(30)31-22(20)29)16-10-26(11-19(27)28)18-8-12(24)6-7-14(16)18/h2-10H,11H2,1H3,(H,27,28). The van der Waals surface area contributed by atoms with Crippen LogP contribution in [0.5, 0.6) is 0 Å². The van der Waals surface area contributed by atoms with Gasteiger partial charge in [-0.25, -0.2) is 9.59 Å². The van der Waals surface area contributed by atoms with Crippen molar-refractivity contribution in [3.63, 3.8) is 0 Å². The fourth-order valence-corrected chi connectivity index (χ4v) is 4.51. The van der Waals surface area contributed by atoms with Crippen molar-refractivity contribution < 1.29 is 24.2 Å². The summed E-state index contributed by atoms with van der Waals surface area (Å²) in [6.07, 6.45) is 3.39. The number of carboxylic acid groups (broad SMARTS) is 1. The summed E-state index contributed by atoms with van der Waals surface area (Å²) in [6, 6.07) is 12.9. The van der Waals surface area contributed by atoms with Gasteiger partial charge < -0.3 is 19.0 Å². The van der Waals surface area contributed by atoms with Crippen molar-refractivity contribution >= 4 is 66.8 Å². The maximum atomic E-state index is 12.8. The van der Waals surface area contributed by atoms with Gasteiger partial charge in [0.15, 0.2) is 0 Å². The van der Waals surface area contributed by atoms with Gasteiger partial charge >= 0.3 is 17.9 Å². The highest BCUT2D eigenvalue weighted by Crippen LogP contribution is 2.40. The van der Waals surface area contributed by atoms with Crippen LogP contribution in [0.2, 0.25) is 0 Å². The van der Waals surface area contributed by atoms with E-state index in [2.05, 4.69) is 15.9 Å². The Balaban J connectivity index is 1.84. The summed E-state index contributed by atoms with van der Waals surface area (Å²) in [5.74, 6) is -2.48. The van der Waals surface area contributed by atoms with E-state index in [-0.39, 0.29) is 17.7 Å². The first-order valence-corrected chi connectivity index (χ1v) is 10.2. The number of para-hydroxylation sites is 1. The number of nitrogens with zero attached hydrogens (tertiary/aromatic N) is 2. The van der Waals surface area contributed by atoms with Gasteiger partial charge in [0.1, 0.15) is 6.54 Å². The summed E-state index contributed by atoms with van der Waals surface area (Å²) in [5.41, 5.74) is 2.91. The highest BCUT2D eigenvalue weighted by atomic mass is 79.9. The van der Waals surface area contributed by atoms with Crippen LogP contribution in [0.1, 0.15) is 11.1 Å². The Bertz CT molecular complexity index is 1470. The van der Waals surface area contributed by atoms with Crippen LogP contribution >= 0.6 is 15.9 Å². The van der Waals surface area contributed by atoms with Crippen LogP contribution in [0.25, 0.3) is 33.0 Å². The normalized spacial score (nSPS) is 14.1. The number of aliphatic carboxylic acids is 1. The number of carboxylic acids is 1. The van der Waals surface area contributed by atoms with Crippen molar-refractivity contribution in [3.8, 4) is 0 Å². The fraction of sp³-hybridized carbons (Fsp3) is 0.0870. The van der Waals surface area contributed by atoms with Crippen LogP contribution in [0.4, 0.5) is 0 Å². The van der Waals surface area contributed by atoms with E-state index in [1.807, 2.05) is 35.9 Å². The van der Waals surface area contributed by atoms with E-state index >= 15 is 0 Å². The zero-order valence-electron chi connectivity index (χ0n) is 16.3. The number of aromatic nitrogens is 2. The second kappa shape index (κ2) is 6.95. The minimum atomic E-state index is -1.02. The topological polar surface area (TPSA) is 90.5 Å². The first kappa shape index (κ1) is 19.3. The number of benzene rings is 2. The van der Waals surface area contributed by atoms with E-state index in [0.717, 1.165) is 15.4 Å². The van der Waals surface area contributed by atoms with E-state index in [4.69, 9.17) is 4.74 Å². The molecular formula is C23H15BrN2O5. The van der Waals surface area contributed by atoms with Gasteiger partial charge in [-0.2, -0.15) is 0 Å². The van der Waals surface area contributed by atoms with Crippen molar-refractivity contribution in [3.05, 3.63) is 70.5 Å². The molecule has 2 aromatic carbocycles. The lowest BCUT2D eigenvalue weighted by Gasteiger charge is -2.01. The van der Waals surface area contributed by atoms with Gasteiger partial charge in [0.05, 0.1) is 16.7 Å². The predicted molar refractivity (Wildman–Crippen MR) is 118 cm³/mol. The SMILES string of the molecule is Cn1cc(C2=C(c3cn(CC(=O)O)c4cc(Br)ccc34)C(=O)OC2=O)c2ccccc21. The molecule has 0 aliphatic carbocycles. The number of cyclic esters (lactones) is 2. The molecular weight excluding hydrogens is 464 g/mol. The summed E-state index contributed by atoms with van der Waals surface area (Å²) >= 11 is 3.40. The Morgan fingerprint density at radius 1 is 0.968 bits per heavy atom. The Hall–Kier alpha value is -3.65. The Morgan fingerprint density at radius 2 is 1.61 bits per heavy atom. The molecule has 31 heavy (non-hydrogen) atoms. The minimum Gasteiger partial charge on any atom is -0.480 e. The number of fused-ring (bicyclic) bond motifs is 2. The maximum Gasteiger partial charge on any atom is 0.347 e. The molecule has 1 aliphatic rings. The lowest BCUT2D eigenvalue weighted by atomic mass is 9.95. The van der Waals surface area contributed by atoms with Crippen LogP contribution in [0.15, 0.2) is 59.3 Å². The number of carbonyl (C=O) groups is 3. The molecule has 0 unspecified atom stereocenters. The van der Waals surface area contributed by atoms with E-state index in [0.29, 0.717) is 22.0 Å². The number of esters is 2. The number of aryl methyl sites for hydroxylation is 1. The molecule has 0 bridgehead atoms. The first-order chi connectivity index (χ1) is 14.8. The molecule has 4 aromatic rings. The van der Waals surface area contributed by atoms with Crippen molar-refractivity contribution in [1.82, 2.24) is 9.13 Å². The monoisotopic (exact) mass is 478 g/mol. The molecule has 0 saturated heterocycles. The predicted octanol–water partition coefficient (Wildman–Crippen LogP) is 3.97. The van der Waals surface area contributed by atoms with Crippen LogP contribution in [0, 0.1) is 0 Å². The van der Waals surface area contributed by atoms with E-state index in [1.165, 1.54) is 0 Å². The highest BCUT2D eigenvalue weighted by Gasteiger charge is 2.37. The zero-order chi connectivity index (χ0) is 21.9. The number of carbonyl (C=O) groups excluding carboxylic acids is 2. The van der Waals surface area contributed by atoms with Gasteiger partial charge in [-0.1, -0.05) is 40.2 Å². The number of hydrogen-bond acceptors (Lipinski definition) is 4. The third kappa shape index (κ3) is 2.98. The Morgan fingerprint density at radius 3 is 2.32 bits per heavy atom. The van der Waals surface area contributed by atoms with Crippen LogP contribution < -0.4 is 0 Å². The molecule has 0 atom stereocenters. The van der Waals surface area contributed by atoms with Crippen molar-refractivity contribution in [2.24, 2.45) is 7.05 Å². The second-order valence-corrected chi connectivity index (χ2v) is 8.24. The largest absolute Gasteiger partial charge is 0.480 e. The molecule has 2 aromatic heterocycles. The van der Waals surface area contributed by atoms with Gasteiger partial charge in [0.25, 0.3) is 0 Å². The van der Waals surface area contributed by atoms with Gasteiger partial charge in [0, 0.05) is 51.3 Å². The van der Waals surface area contributed by atoms with Gasteiger partial charge in [-0.05, 0) is 18.2 Å². The summed E-state index contributed by atoms with van der Waals surface area (Å²) in [5, 5.41) is 10.8. The molecule has 0 saturated carbocycles. The van der Waals surface area contributed by atoms with Crippen molar-refractivity contribution in [1.29, 1.82) is 0 Å². The van der Waals surface area contributed by atoms with E-state index < -0.39 is 17.9 Å². The number of halogens is 1. The quantitative estimate of drug-likeness (QED) is 0.354. The van der Waals surface area contributed by atoms with Crippen LogP contribution in [-0.4, -0.2) is 32.1 Å². The van der Waals surface area contributed by atoms with Gasteiger partial charge in [0.2, 0.25) is 0 Å². The minimum absolute atomic E-state index is 0.137. The molecule has 3 heterocycles. The Labute approximate surface area is 184 Å². The average Bonchev–Trinajstić information content (AvgIpc) is 3.33. The summed E-state index contributed by atoms with van der Waals surface area (Å²) < 4.78 is 9.22. The maximum absolute atomic E-state index is 12.8. The molecule has 0 fully saturated rings. The second-order valence-electron chi connectivity index (χ2n) is 7.32. The van der Waals surface area contributed by atoms with Crippen LogP contribution in [-0.2, 0) is 32.7 Å². The third-order valence-corrected chi connectivity index (χ3v) is 5.92. The smallest absolute Gasteiger partial charge is 0.347 e. The molecule has 1 aliphatic heterocycles. The van der Waals surface area contributed by atoms with Gasteiger partial charge in [-0.3, -0.25) is 4.79 Å². The Kier molecular flexibility index (Phi) is 4.33. The number of ether oxygens (including phenoxy) is 1. The van der Waals surface area contributed by atoms with Crippen molar-refractivity contribution in [2.75, 3.05) is 0 Å². The molecule has 154 valence electrons. The molecule has 1 N–H and O–H groups in total.